The third kappa shape index (κ3) is 17.5. The summed E-state index contributed by atoms with van der Waals surface area (Å²) < 4.78 is 17.9. The number of pyridine rings is 6. The number of halogens is 1. The predicted octanol–water partition coefficient (Wildman–Crippen LogP) is 12.5. The zero-order chi connectivity index (χ0) is 52.7. The maximum absolute atomic E-state index is 11.4. The number of nitrogens with zero attached hydrogens (tertiary/aromatic N) is 10. The molecule has 0 aromatic carbocycles. The minimum atomic E-state index is -2.33. The number of aromatic nitrogens is 6. The zero-order valence-electron chi connectivity index (χ0n) is 43.8. The van der Waals surface area contributed by atoms with Gasteiger partial charge in [-0.15, -0.1) is 0 Å². The largest absolute Gasteiger partial charge is 0.481 e. The normalized spacial score (nSPS) is 14.5. The van der Waals surface area contributed by atoms with E-state index in [0.29, 0.717) is 21.6 Å². The Kier molecular flexibility index (Phi) is 23.5. The van der Waals surface area contributed by atoms with Crippen LogP contribution in [-0.4, -0.2) is 108 Å². The minimum Gasteiger partial charge on any atom is -0.481 e. The van der Waals surface area contributed by atoms with Crippen LogP contribution in [0, 0.1) is 20.2 Å². The molecular weight excluding hydrogens is 1110 g/mol. The van der Waals surface area contributed by atoms with Crippen LogP contribution in [0.15, 0.2) is 115 Å². The van der Waals surface area contributed by atoms with Crippen LogP contribution in [0.25, 0.3) is 11.3 Å². The van der Waals surface area contributed by atoms with Gasteiger partial charge in [0.2, 0.25) is 11.5 Å². The molecule has 0 N–H and O–H groups in total. The van der Waals surface area contributed by atoms with Gasteiger partial charge in [0.15, 0.2) is 6.20 Å². The van der Waals surface area contributed by atoms with Gasteiger partial charge < -0.3 is 34.6 Å². The Labute approximate surface area is 449 Å². The molecule has 0 saturated carbocycles. The molecule has 2 fully saturated rings. The Morgan fingerprint density at radius 1 is 0.595 bits per heavy atom. The molecule has 394 valence electrons. The van der Waals surface area contributed by atoms with Crippen molar-refractivity contribution in [1.29, 1.82) is 0 Å². The molecule has 0 bridgehead atoms. The van der Waals surface area contributed by atoms with Gasteiger partial charge in [-0.05, 0) is 122 Å². The number of piperidine rings is 2. The minimum absolute atomic E-state index is 0.121. The first kappa shape index (κ1) is 57.8. The molecule has 8 rings (SSSR count). The topological polar surface area (TPSA) is 189 Å². The molecule has 74 heavy (non-hydrogen) atoms. The molecule has 18 heteroatoms. The van der Waals surface area contributed by atoms with Crippen molar-refractivity contribution in [2.24, 2.45) is 0 Å². The number of nitro groups is 2. The Morgan fingerprint density at radius 3 is 1.46 bits per heavy atom. The van der Waals surface area contributed by atoms with Crippen LogP contribution in [0.2, 0.25) is 13.3 Å². The molecule has 16 nitrogen and oxygen atoms in total. The van der Waals surface area contributed by atoms with Crippen molar-refractivity contribution >= 4 is 49.7 Å². The van der Waals surface area contributed by atoms with Crippen molar-refractivity contribution in [3.63, 3.8) is 0 Å². The van der Waals surface area contributed by atoms with E-state index in [4.69, 9.17) is 14.5 Å². The Morgan fingerprint density at radius 2 is 1.04 bits per heavy atom. The zero-order valence-corrected chi connectivity index (χ0v) is 48.2. The number of rotatable bonds is 21. The molecule has 0 amide bonds. The van der Waals surface area contributed by atoms with Gasteiger partial charge >= 0.3 is 179 Å². The van der Waals surface area contributed by atoms with Crippen molar-refractivity contribution in [2.45, 2.75) is 123 Å². The van der Waals surface area contributed by atoms with Gasteiger partial charge in [-0.2, -0.15) is 0 Å². The van der Waals surface area contributed by atoms with E-state index in [1.165, 1.54) is 107 Å². The van der Waals surface area contributed by atoms with Gasteiger partial charge in [-0.3, -0.25) is 15.0 Å². The summed E-state index contributed by atoms with van der Waals surface area (Å²) in [6.07, 6.45) is 26.7. The van der Waals surface area contributed by atoms with Gasteiger partial charge in [0.25, 0.3) is 0 Å². The molecule has 0 spiro atoms. The summed E-state index contributed by atoms with van der Waals surface area (Å²) in [6.45, 7) is 12.1. The van der Waals surface area contributed by atoms with E-state index in [2.05, 4.69) is 110 Å². The molecule has 0 atom stereocenters. The Balaban J connectivity index is 0.000000186. The summed E-state index contributed by atoms with van der Waals surface area (Å²) in [6, 6.07) is 19.3. The van der Waals surface area contributed by atoms with Gasteiger partial charge in [0.1, 0.15) is 19.4 Å². The van der Waals surface area contributed by atoms with Gasteiger partial charge in [0.05, 0.1) is 10.2 Å². The number of likely N-dealkylation sites (tertiary alicyclic amines) is 2. The molecular formula is C56H73BrN10O6Sn. The monoisotopic (exact) mass is 1180 g/mol. The molecule has 2 aliphatic heterocycles. The standard InChI is InChI=1S/C22H23N5O3.C11H8BrN3O3.C11H15N2.3C4H9.Sn/c1-26-10-6-17(7-11-26)18-2-3-20(24-13-18)19-12-21(22(25-14-19)27(28)29)30-15-16-4-8-23-9-5-16;12-9-5-10(11(14-6-9)15(16)17)18-7-8-1-3-13-4-2-8;1-13-7-4-10(5-8-13)11-3-2-6-12-9-11;3*1-3-4-2;/h2-5,8-9,12-14,17H,6-7,10-11,15H2,1H3;1-6H,7H2;2-3,9-10H,4-5,7-8H2,1H3;3*1,3-4H2,2H3;. The fraction of sp³-hybridized carbons (Fsp3) is 0.464. The van der Waals surface area contributed by atoms with E-state index >= 15 is 0 Å². The van der Waals surface area contributed by atoms with Crippen molar-refractivity contribution in [3.05, 3.63) is 157 Å². The first-order valence-electron chi connectivity index (χ1n) is 26.2. The van der Waals surface area contributed by atoms with Crippen LogP contribution in [-0.2, 0) is 13.2 Å². The van der Waals surface area contributed by atoms with E-state index in [1.807, 2.05) is 12.3 Å². The molecule has 6 aromatic heterocycles. The second-order valence-electron chi connectivity index (χ2n) is 19.5. The van der Waals surface area contributed by atoms with Crippen molar-refractivity contribution < 1.29 is 19.3 Å². The van der Waals surface area contributed by atoms with Crippen LogP contribution in [0.4, 0.5) is 11.6 Å². The Hall–Kier alpha value is -5.50. The fourth-order valence-corrected chi connectivity index (χ4v) is 25.2. The van der Waals surface area contributed by atoms with Gasteiger partial charge in [-0.25, -0.2) is 0 Å². The molecule has 2 saturated heterocycles. The predicted molar refractivity (Wildman–Crippen MR) is 298 cm³/mol. The Bertz CT molecular complexity index is 2600. The van der Waals surface area contributed by atoms with Gasteiger partial charge in [-0.1, -0.05) is 6.07 Å². The summed E-state index contributed by atoms with van der Waals surface area (Å²) in [5.41, 5.74) is 5.87. The first-order valence-corrected chi connectivity index (χ1v) is 34.5. The quantitative estimate of drug-likeness (QED) is 0.0376. The average Bonchev–Trinajstić information content (AvgIpc) is 3.43. The fourth-order valence-electron chi connectivity index (χ4n) is 9.52. The SMILES string of the molecule is CCC[CH2][Sn]([CH2]CCC)([CH2]CCC)[c]1ccc(C2CCN(C)CC2)cn1.CN1CCC(c2ccc(-c3cnc([N+](=O)[O-])c(OCc4ccncc4)c3)nc2)CC1.O=[N+]([O-])c1ncc(Br)cc1OCc1ccncc1. The molecule has 6 aromatic rings. The smallest absolute Gasteiger partial charge is 0.406 e. The van der Waals surface area contributed by atoms with E-state index in [-0.39, 0.29) is 36.3 Å². The van der Waals surface area contributed by atoms with E-state index in [0.717, 1.165) is 43.0 Å². The number of hydrogen-bond acceptors (Lipinski definition) is 14. The number of ether oxygens (including phenoxy) is 2. The second-order valence-corrected chi connectivity index (χ2v) is 33.5. The van der Waals surface area contributed by atoms with Crippen molar-refractivity contribution in [3.8, 4) is 22.8 Å². The van der Waals surface area contributed by atoms with Gasteiger partial charge in [0, 0.05) is 48.7 Å². The number of unbranched alkanes of at least 4 members (excludes halogenated alkanes) is 3. The van der Waals surface area contributed by atoms with Crippen molar-refractivity contribution in [1.82, 2.24) is 39.7 Å². The van der Waals surface area contributed by atoms with Crippen LogP contribution in [0.1, 0.15) is 119 Å². The first-order chi connectivity index (χ1) is 35.9. The van der Waals surface area contributed by atoms with Crippen LogP contribution in [0.3, 0.4) is 0 Å². The summed E-state index contributed by atoms with van der Waals surface area (Å²) in [4.78, 5) is 51.1. The van der Waals surface area contributed by atoms with E-state index < -0.39 is 28.2 Å². The summed E-state index contributed by atoms with van der Waals surface area (Å²) in [7, 11) is 4.39. The molecule has 0 unspecified atom stereocenters. The third-order valence-corrected chi connectivity index (χ3v) is 29.7. The van der Waals surface area contributed by atoms with E-state index in [9.17, 15) is 20.2 Å². The molecule has 0 aliphatic carbocycles. The average molecular weight is 1180 g/mol. The van der Waals surface area contributed by atoms with Crippen molar-refractivity contribution in [2.75, 3.05) is 40.3 Å². The molecule has 8 heterocycles. The summed E-state index contributed by atoms with van der Waals surface area (Å²) in [5, 5.41) is 22.1. The van der Waals surface area contributed by atoms with E-state index in [1.54, 1.807) is 58.8 Å². The van der Waals surface area contributed by atoms with Crippen LogP contribution in [0.5, 0.6) is 11.5 Å². The molecule has 0 radical (unpaired) electrons. The molecule has 2 aliphatic rings. The maximum Gasteiger partial charge on any atom is 0.406 e. The van der Waals surface area contributed by atoms with Crippen LogP contribution >= 0.6 is 15.9 Å². The van der Waals surface area contributed by atoms with Crippen LogP contribution < -0.4 is 13.2 Å². The summed E-state index contributed by atoms with van der Waals surface area (Å²) >= 11 is 0.863. The third-order valence-electron chi connectivity index (χ3n) is 14.1. The second kappa shape index (κ2) is 30.1. The summed E-state index contributed by atoms with van der Waals surface area (Å²) in [5.74, 6) is 0.904. The number of hydrogen-bond donors (Lipinski definition) is 0. The maximum atomic E-state index is 11.4.